The van der Waals surface area contributed by atoms with E-state index in [9.17, 15) is 27.2 Å². The second-order valence-electron chi connectivity index (χ2n) is 6.96. The lowest BCUT2D eigenvalue weighted by Crippen LogP contribution is -2.28. The number of nitrogens with two attached hydrogens (primary N) is 1. The predicted octanol–water partition coefficient (Wildman–Crippen LogP) is 3.29. The quantitative estimate of drug-likeness (QED) is 0.430. The molecule has 12 heteroatoms. The topological polar surface area (TPSA) is 117 Å². The number of carbonyl (C=O) groups is 2. The summed E-state index contributed by atoms with van der Waals surface area (Å²) >= 11 is 0. The van der Waals surface area contributed by atoms with Crippen LogP contribution in [-0.4, -0.2) is 29.8 Å². The number of oxazole rings is 1. The van der Waals surface area contributed by atoms with Crippen LogP contribution in [0.4, 0.5) is 17.6 Å². The number of rotatable bonds is 10. The minimum atomic E-state index is -4.81. The average molecular weight is 481 g/mol. The van der Waals surface area contributed by atoms with Crippen LogP contribution in [0.2, 0.25) is 0 Å². The van der Waals surface area contributed by atoms with Gasteiger partial charge in [0, 0.05) is 6.42 Å². The number of hydrogen-bond donors (Lipinski definition) is 2. The Morgan fingerprint density at radius 2 is 1.76 bits per heavy atom. The first-order valence-corrected chi connectivity index (χ1v) is 9.87. The number of halogens is 4. The number of alkyl halides is 3. The van der Waals surface area contributed by atoms with E-state index in [4.69, 9.17) is 14.9 Å². The Morgan fingerprint density at radius 3 is 2.41 bits per heavy atom. The summed E-state index contributed by atoms with van der Waals surface area (Å²) in [5.74, 6) is -1.81. The molecular weight excluding hydrogens is 462 g/mol. The van der Waals surface area contributed by atoms with E-state index in [1.165, 1.54) is 24.3 Å². The summed E-state index contributed by atoms with van der Waals surface area (Å²) < 4.78 is 64.3. The second-order valence-corrected chi connectivity index (χ2v) is 6.96. The molecule has 34 heavy (non-hydrogen) atoms. The Morgan fingerprint density at radius 1 is 1.06 bits per heavy atom. The average Bonchev–Trinajstić information content (AvgIpc) is 3.18. The lowest BCUT2D eigenvalue weighted by molar-refractivity contribution is -0.274. The van der Waals surface area contributed by atoms with E-state index in [2.05, 4.69) is 15.0 Å². The van der Waals surface area contributed by atoms with Gasteiger partial charge in [0.25, 0.3) is 11.8 Å². The van der Waals surface area contributed by atoms with Crippen LogP contribution in [0.25, 0.3) is 0 Å². The molecule has 3 rings (SSSR count). The fraction of sp³-hybridized carbons (Fsp3) is 0.227. The van der Waals surface area contributed by atoms with Gasteiger partial charge in [0.1, 0.15) is 23.1 Å². The third kappa shape index (κ3) is 7.50. The number of nitrogens with one attached hydrogen (secondary N) is 1. The van der Waals surface area contributed by atoms with Gasteiger partial charge in [-0.2, -0.15) is 0 Å². The van der Waals surface area contributed by atoms with Crippen LogP contribution in [0.3, 0.4) is 0 Å². The molecule has 0 unspecified atom stereocenters. The first-order valence-electron chi connectivity index (χ1n) is 9.87. The van der Waals surface area contributed by atoms with Crippen molar-refractivity contribution in [3.05, 3.63) is 77.3 Å². The monoisotopic (exact) mass is 481 g/mol. The molecule has 1 aromatic heterocycles. The molecule has 8 nitrogen and oxygen atoms in total. The van der Waals surface area contributed by atoms with E-state index < -0.39 is 30.5 Å². The number of nitrogens with zero attached hydrogens (tertiary/aromatic N) is 1. The highest BCUT2D eigenvalue weighted by Crippen LogP contribution is 2.24. The first-order chi connectivity index (χ1) is 16.1. The minimum Gasteiger partial charge on any atom is -0.484 e. The third-order valence-corrected chi connectivity index (χ3v) is 4.37. The molecule has 0 radical (unpaired) electrons. The van der Waals surface area contributed by atoms with Gasteiger partial charge in [-0.05, 0) is 48.4 Å². The molecule has 0 saturated heterocycles. The summed E-state index contributed by atoms with van der Waals surface area (Å²) in [6, 6.07) is 10.5. The van der Waals surface area contributed by atoms with Crippen molar-refractivity contribution >= 4 is 11.8 Å². The van der Waals surface area contributed by atoms with Crippen molar-refractivity contribution < 1.29 is 41.0 Å². The highest BCUT2D eigenvalue weighted by Gasteiger charge is 2.31. The molecule has 180 valence electrons. The fourth-order valence-electron chi connectivity index (χ4n) is 2.90. The lowest BCUT2D eigenvalue weighted by Gasteiger charge is -2.10. The smallest absolute Gasteiger partial charge is 0.484 e. The van der Waals surface area contributed by atoms with Crippen molar-refractivity contribution in [3.8, 4) is 11.5 Å². The third-order valence-electron chi connectivity index (χ3n) is 4.37. The van der Waals surface area contributed by atoms with Crippen LogP contribution in [0.15, 0.2) is 52.9 Å². The van der Waals surface area contributed by atoms with Gasteiger partial charge in [-0.3, -0.25) is 9.59 Å². The van der Waals surface area contributed by atoms with Gasteiger partial charge in [0.05, 0.1) is 6.54 Å². The summed E-state index contributed by atoms with van der Waals surface area (Å²) in [5.41, 5.74) is 5.94. The SMILES string of the molecule is NC(=O)c1nc(CNC(=O)COc2ccc(OC(F)(F)F)cc2)oc1CCc1cccc(F)c1. The Bertz CT molecular complexity index is 1150. The van der Waals surface area contributed by atoms with E-state index in [0.29, 0.717) is 12.0 Å². The van der Waals surface area contributed by atoms with Crippen LogP contribution in [0.1, 0.15) is 27.7 Å². The van der Waals surface area contributed by atoms with Crippen molar-refractivity contribution in [3.63, 3.8) is 0 Å². The standard InChI is InChI=1S/C22H19F4N3O5/c23-14-3-1-2-13(10-14)4-9-17-20(21(27)31)29-19(33-17)11-28-18(30)12-32-15-5-7-16(8-6-15)34-22(24,25)26/h1-3,5-8,10H,4,9,11-12H2,(H2,27,31)(H,28,30). The maximum atomic E-state index is 13.3. The molecule has 0 spiro atoms. The van der Waals surface area contributed by atoms with Crippen molar-refractivity contribution in [2.75, 3.05) is 6.61 Å². The van der Waals surface area contributed by atoms with Crippen molar-refractivity contribution in [1.82, 2.24) is 10.3 Å². The van der Waals surface area contributed by atoms with Gasteiger partial charge >= 0.3 is 6.36 Å². The zero-order valence-electron chi connectivity index (χ0n) is 17.5. The number of primary amides is 1. The summed E-state index contributed by atoms with van der Waals surface area (Å²) in [6.07, 6.45) is -4.20. The zero-order chi connectivity index (χ0) is 24.7. The minimum absolute atomic E-state index is 0.0324. The van der Waals surface area contributed by atoms with Gasteiger partial charge in [-0.1, -0.05) is 12.1 Å². The first kappa shape index (κ1) is 24.6. The van der Waals surface area contributed by atoms with Gasteiger partial charge in [0.15, 0.2) is 12.3 Å². The maximum absolute atomic E-state index is 13.3. The zero-order valence-corrected chi connectivity index (χ0v) is 17.5. The molecule has 0 bridgehead atoms. The van der Waals surface area contributed by atoms with Gasteiger partial charge in [-0.25, -0.2) is 9.37 Å². The summed E-state index contributed by atoms with van der Waals surface area (Å²) in [7, 11) is 0. The molecule has 2 amide bonds. The largest absolute Gasteiger partial charge is 0.573 e. The van der Waals surface area contributed by atoms with E-state index in [-0.39, 0.29) is 41.9 Å². The number of carbonyl (C=O) groups excluding carboxylic acids is 2. The molecule has 0 saturated carbocycles. The van der Waals surface area contributed by atoms with Crippen molar-refractivity contribution in [1.29, 1.82) is 0 Å². The van der Waals surface area contributed by atoms with Gasteiger partial charge in [-0.15, -0.1) is 13.2 Å². The predicted molar refractivity (Wildman–Crippen MR) is 109 cm³/mol. The number of aryl methyl sites for hydroxylation is 2. The Kier molecular flexibility index (Phi) is 7.71. The second kappa shape index (κ2) is 10.7. The van der Waals surface area contributed by atoms with E-state index in [1.807, 2.05) is 0 Å². The fourth-order valence-corrected chi connectivity index (χ4v) is 2.90. The van der Waals surface area contributed by atoms with E-state index in [0.717, 1.165) is 12.1 Å². The highest BCUT2D eigenvalue weighted by molar-refractivity contribution is 5.91. The summed E-state index contributed by atoms with van der Waals surface area (Å²) in [6.45, 7) is -0.601. The van der Waals surface area contributed by atoms with Crippen molar-refractivity contribution in [2.45, 2.75) is 25.7 Å². The number of aromatic nitrogens is 1. The van der Waals surface area contributed by atoms with Gasteiger partial charge < -0.3 is 24.9 Å². The maximum Gasteiger partial charge on any atom is 0.573 e. The molecule has 0 aliphatic heterocycles. The van der Waals surface area contributed by atoms with Crippen LogP contribution >= 0.6 is 0 Å². The number of amides is 2. The molecule has 0 aliphatic rings. The molecule has 3 aromatic rings. The Balaban J connectivity index is 1.51. The van der Waals surface area contributed by atoms with Crippen LogP contribution in [-0.2, 0) is 24.2 Å². The molecule has 0 aliphatic carbocycles. The van der Waals surface area contributed by atoms with Crippen LogP contribution in [0.5, 0.6) is 11.5 Å². The normalized spacial score (nSPS) is 11.2. The molecule has 0 fully saturated rings. The van der Waals surface area contributed by atoms with Crippen molar-refractivity contribution in [2.24, 2.45) is 5.73 Å². The Hall–Kier alpha value is -4.09. The van der Waals surface area contributed by atoms with Crippen LogP contribution < -0.4 is 20.5 Å². The molecule has 1 heterocycles. The summed E-state index contributed by atoms with van der Waals surface area (Å²) in [5, 5.41) is 2.48. The van der Waals surface area contributed by atoms with E-state index >= 15 is 0 Å². The number of hydrogen-bond acceptors (Lipinski definition) is 6. The Labute approximate surface area is 190 Å². The molecule has 2 aromatic carbocycles. The molecule has 0 atom stereocenters. The number of benzene rings is 2. The number of ether oxygens (including phenoxy) is 2. The molecular formula is C22H19F4N3O5. The lowest BCUT2D eigenvalue weighted by atomic mass is 10.1. The van der Waals surface area contributed by atoms with Crippen LogP contribution in [0, 0.1) is 5.82 Å². The molecule has 3 N–H and O–H groups in total. The van der Waals surface area contributed by atoms with Gasteiger partial charge in [0.2, 0.25) is 5.89 Å². The van der Waals surface area contributed by atoms with E-state index in [1.54, 1.807) is 12.1 Å². The summed E-state index contributed by atoms with van der Waals surface area (Å²) in [4.78, 5) is 27.7. The highest BCUT2D eigenvalue weighted by atomic mass is 19.4.